The number of H-pyrrole nitrogens is 1. The van der Waals surface area contributed by atoms with E-state index in [1.54, 1.807) is 0 Å². The lowest BCUT2D eigenvalue weighted by molar-refractivity contribution is -0.0318. The first kappa shape index (κ1) is 18.9. The highest BCUT2D eigenvalue weighted by Crippen LogP contribution is 2.35. The first-order valence-electron chi connectivity index (χ1n) is 10.5. The SMILES string of the molecule is CCN1CCCC(c2[nH]ncc2C)C1COC1CCC(C(C)C)CC1. The van der Waals surface area contributed by atoms with Crippen LogP contribution in [-0.4, -0.2) is 46.9 Å². The van der Waals surface area contributed by atoms with E-state index in [0.717, 1.165) is 25.0 Å². The number of aromatic amines is 1. The largest absolute Gasteiger partial charge is 0.377 e. The third-order valence-electron chi connectivity index (χ3n) is 6.70. The molecule has 142 valence electrons. The number of nitrogens with one attached hydrogen (secondary N) is 1. The lowest BCUT2D eigenvalue weighted by atomic mass is 9.80. The third kappa shape index (κ3) is 4.46. The summed E-state index contributed by atoms with van der Waals surface area (Å²) in [5.41, 5.74) is 2.63. The molecule has 2 heterocycles. The van der Waals surface area contributed by atoms with Crippen LogP contribution in [0.4, 0.5) is 0 Å². The molecular formula is C21H37N3O. The van der Waals surface area contributed by atoms with Gasteiger partial charge >= 0.3 is 0 Å². The molecule has 4 nitrogen and oxygen atoms in total. The zero-order valence-electron chi connectivity index (χ0n) is 16.6. The first-order valence-corrected chi connectivity index (χ1v) is 10.5. The fraction of sp³-hybridized carbons (Fsp3) is 0.857. The lowest BCUT2D eigenvalue weighted by Crippen LogP contribution is -2.47. The van der Waals surface area contributed by atoms with Crippen LogP contribution in [0.5, 0.6) is 0 Å². The van der Waals surface area contributed by atoms with Gasteiger partial charge in [-0.1, -0.05) is 20.8 Å². The Hall–Kier alpha value is -0.870. The van der Waals surface area contributed by atoms with E-state index >= 15 is 0 Å². The van der Waals surface area contributed by atoms with E-state index < -0.39 is 0 Å². The van der Waals surface area contributed by atoms with Crippen molar-refractivity contribution in [2.45, 2.75) is 84.3 Å². The summed E-state index contributed by atoms with van der Waals surface area (Å²) in [6.07, 6.45) is 10.1. The van der Waals surface area contributed by atoms with Crippen molar-refractivity contribution < 1.29 is 4.74 Å². The van der Waals surface area contributed by atoms with Gasteiger partial charge in [0, 0.05) is 17.7 Å². The van der Waals surface area contributed by atoms with Gasteiger partial charge in [-0.25, -0.2) is 0 Å². The highest BCUT2D eigenvalue weighted by molar-refractivity contribution is 5.21. The fourth-order valence-corrected chi connectivity index (χ4v) is 4.97. The number of aryl methyl sites for hydroxylation is 1. The van der Waals surface area contributed by atoms with Crippen LogP contribution >= 0.6 is 0 Å². The average molecular weight is 348 g/mol. The number of nitrogens with zero attached hydrogens (tertiary/aromatic N) is 2. The van der Waals surface area contributed by atoms with E-state index in [0.29, 0.717) is 18.1 Å². The van der Waals surface area contributed by atoms with E-state index in [1.807, 2.05) is 6.20 Å². The number of likely N-dealkylation sites (N-methyl/N-ethyl adjacent to an activating group) is 1. The van der Waals surface area contributed by atoms with Crippen molar-refractivity contribution in [3.8, 4) is 0 Å². The number of hydrogen-bond acceptors (Lipinski definition) is 3. The van der Waals surface area contributed by atoms with Crippen LogP contribution in [0.2, 0.25) is 0 Å². The minimum absolute atomic E-state index is 0.471. The molecule has 0 spiro atoms. The van der Waals surface area contributed by atoms with Crippen LogP contribution in [0.3, 0.4) is 0 Å². The molecule has 2 fully saturated rings. The van der Waals surface area contributed by atoms with Crippen molar-refractivity contribution in [1.82, 2.24) is 15.1 Å². The summed E-state index contributed by atoms with van der Waals surface area (Å²) >= 11 is 0. The molecule has 0 bridgehead atoms. The van der Waals surface area contributed by atoms with Gasteiger partial charge in [0.25, 0.3) is 0 Å². The van der Waals surface area contributed by atoms with Crippen molar-refractivity contribution in [3.05, 3.63) is 17.5 Å². The van der Waals surface area contributed by atoms with E-state index in [1.165, 1.54) is 56.3 Å². The van der Waals surface area contributed by atoms with Crippen molar-refractivity contribution in [3.63, 3.8) is 0 Å². The molecule has 1 aliphatic heterocycles. The summed E-state index contributed by atoms with van der Waals surface area (Å²) in [4.78, 5) is 2.62. The second-order valence-electron chi connectivity index (χ2n) is 8.53. The predicted octanol–water partition coefficient (Wildman–Crippen LogP) is 4.52. The van der Waals surface area contributed by atoms with Crippen molar-refractivity contribution >= 4 is 0 Å². The Morgan fingerprint density at radius 1 is 1.24 bits per heavy atom. The minimum atomic E-state index is 0.471. The number of piperidine rings is 1. The average Bonchev–Trinajstić information content (AvgIpc) is 3.05. The molecule has 0 radical (unpaired) electrons. The van der Waals surface area contributed by atoms with E-state index in [-0.39, 0.29) is 0 Å². The van der Waals surface area contributed by atoms with Crippen molar-refractivity contribution in [2.75, 3.05) is 19.7 Å². The molecule has 1 N–H and O–H groups in total. The summed E-state index contributed by atoms with van der Waals surface area (Å²) in [5.74, 6) is 2.26. The van der Waals surface area contributed by atoms with E-state index in [4.69, 9.17) is 4.74 Å². The van der Waals surface area contributed by atoms with Crippen LogP contribution in [-0.2, 0) is 4.74 Å². The molecule has 0 aromatic carbocycles. The predicted molar refractivity (Wildman–Crippen MR) is 103 cm³/mol. The molecule has 2 aliphatic rings. The summed E-state index contributed by atoms with van der Waals surface area (Å²) in [7, 11) is 0. The monoisotopic (exact) mass is 347 g/mol. The Labute approximate surface area is 153 Å². The number of aromatic nitrogens is 2. The molecule has 1 aliphatic carbocycles. The van der Waals surface area contributed by atoms with Gasteiger partial charge in [-0.05, 0) is 75.9 Å². The van der Waals surface area contributed by atoms with Gasteiger partial charge in [-0.15, -0.1) is 0 Å². The molecule has 4 heteroatoms. The Bertz CT molecular complexity index is 519. The van der Waals surface area contributed by atoms with E-state index in [2.05, 4.69) is 42.8 Å². The van der Waals surface area contributed by atoms with Gasteiger partial charge in [0.15, 0.2) is 0 Å². The Balaban J connectivity index is 1.60. The quantitative estimate of drug-likeness (QED) is 0.823. The maximum Gasteiger partial charge on any atom is 0.0632 e. The number of rotatable bonds is 6. The molecule has 25 heavy (non-hydrogen) atoms. The fourth-order valence-electron chi connectivity index (χ4n) is 4.97. The summed E-state index contributed by atoms with van der Waals surface area (Å²) < 4.78 is 6.47. The molecule has 2 atom stereocenters. The molecule has 1 aromatic rings. The van der Waals surface area contributed by atoms with Crippen LogP contribution in [0.25, 0.3) is 0 Å². The van der Waals surface area contributed by atoms with Crippen molar-refractivity contribution in [2.24, 2.45) is 11.8 Å². The third-order valence-corrected chi connectivity index (χ3v) is 6.70. The molecule has 2 unspecified atom stereocenters. The Kier molecular flexibility index (Phi) is 6.56. The lowest BCUT2D eigenvalue weighted by Gasteiger charge is -2.41. The smallest absolute Gasteiger partial charge is 0.0632 e. The first-order chi connectivity index (χ1) is 12.1. The summed E-state index contributed by atoms with van der Waals surface area (Å²) in [5, 5.41) is 7.55. The standard InChI is InChI=1S/C21H37N3O/c1-5-24-12-6-7-19(21-16(4)13-22-23-21)20(24)14-25-18-10-8-17(9-11-18)15(2)3/h13,15,17-20H,5-12,14H2,1-4H3,(H,22,23). The number of likely N-dealkylation sites (tertiary alicyclic amines) is 1. The second kappa shape index (κ2) is 8.68. The maximum atomic E-state index is 6.47. The highest BCUT2D eigenvalue weighted by Gasteiger charge is 2.34. The van der Waals surface area contributed by atoms with Gasteiger partial charge in [0.2, 0.25) is 0 Å². The molecule has 1 saturated carbocycles. The zero-order valence-corrected chi connectivity index (χ0v) is 16.6. The van der Waals surface area contributed by atoms with Gasteiger partial charge in [-0.2, -0.15) is 5.10 Å². The highest BCUT2D eigenvalue weighted by atomic mass is 16.5. The Morgan fingerprint density at radius 3 is 2.60 bits per heavy atom. The van der Waals surface area contributed by atoms with Crippen molar-refractivity contribution in [1.29, 1.82) is 0 Å². The minimum Gasteiger partial charge on any atom is -0.377 e. The second-order valence-corrected chi connectivity index (χ2v) is 8.53. The van der Waals surface area contributed by atoms with Crippen LogP contribution in [0.1, 0.15) is 76.5 Å². The van der Waals surface area contributed by atoms with Crippen LogP contribution in [0.15, 0.2) is 6.20 Å². The number of hydrogen-bond donors (Lipinski definition) is 1. The molecule has 1 saturated heterocycles. The van der Waals surface area contributed by atoms with E-state index in [9.17, 15) is 0 Å². The molecule has 1 aromatic heterocycles. The van der Waals surface area contributed by atoms with Gasteiger partial charge in [0.1, 0.15) is 0 Å². The summed E-state index contributed by atoms with van der Waals surface area (Å²) in [6, 6.07) is 0.487. The normalized spacial score (nSPS) is 31.6. The van der Waals surface area contributed by atoms with Gasteiger partial charge in [-0.3, -0.25) is 10.00 Å². The maximum absolute atomic E-state index is 6.47. The topological polar surface area (TPSA) is 41.2 Å². The van der Waals surface area contributed by atoms with Gasteiger partial charge in [0.05, 0.1) is 18.9 Å². The Morgan fingerprint density at radius 2 is 2.00 bits per heavy atom. The van der Waals surface area contributed by atoms with Crippen LogP contribution < -0.4 is 0 Å². The summed E-state index contributed by atoms with van der Waals surface area (Å²) in [6.45, 7) is 12.4. The van der Waals surface area contributed by atoms with Crippen LogP contribution in [0, 0.1) is 18.8 Å². The number of ether oxygens (including phenoxy) is 1. The zero-order chi connectivity index (χ0) is 17.8. The molecule has 3 rings (SSSR count). The molecular weight excluding hydrogens is 310 g/mol. The molecule has 0 amide bonds. The van der Waals surface area contributed by atoms with Gasteiger partial charge < -0.3 is 4.74 Å².